The van der Waals surface area contributed by atoms with Crippen LogP contribution in [0.1, 0.15) is 10.4 Å². The molecule has 0 radical (unpaired) electrons. The fourth-order valence-electron chi connectivity index (χ4n) is 1.45. The summed E-state index contributed by atoms with van der Waals surface area (Å²) < 4.78 is 0. The van der Waals surface area contributed by atoms with Crippen molar-refractivity contribution in [2.24, 2.45) is 0 Å². The van der Waals surface area contributed by atoms with Gasteiger partial charge in [-0.25, -0.2) is 9.97 Å². The quantitative estimate of drug-likeness (QED) is 0.822. The molecule has 1 aromatic heterocycles. The van der Waals surface area contributed by atoms with Gasteiger partial charge in [0, 0.05) is 25.0 Å². The van der Waals surface area contributed by atoms with E-state index in [2.05, 4.69) is 15.3 Å². The van der Waals surface area contributed by atoms with Gasteiger partial charge in [-0.05, 0) is 12.1 Å². The standard InChI is InChI=1S/C12H11N3O/c1-13-12(16)10-6-3-2-5-9(10)11-14-7-4-8-15-11/h2-8H,1H3,(H,13,16). The zero-order valence-electron chi connectivity index (χ0n) is 8.84. The summed E-state index contributed by atoms with van der Waals surface area (Å²) in [7, 11) is 1.60. The molecule has 0 spiro atoms. The Morgan fingerprint density at radius 1 is 1.12 bits per heavy atom. The molecule has 1 N–H and O–H groups in total. The van der Waals surface area contributed by atoms with Gasteiger partial charge in [0.1, 0.15) is 0 Å². The molecule has 0 atom stereocenters. The molecule has 1 heterocycles. The highest BCUT2D eigenvalue weighted by Gasteiger charge is 2.11. The zero-order chi connectivity index (χ0) is 11.4. The maximum absolute atomic E-state index is 11.6. The first-order valence-electron chi connectivity index (χ1n) is 4.91. The Balaban J connectivity index is 2.53. The van der Waals surface area contributed by atoms with Crippen LogP contribution < -0.4 is 5.32 Å². The second-order valence-electron chi connectivity index (χ2n) is 3.20. The van der Waals surface area contributed by atoms with Crippen LogP contribution in [0.4, 0.5) is 0 Å². The largest absolute Gasteiger partial charge is 0.355 e. The molecule has 4 heteroatoms. The predicted molar refractivity (Wildman–Crippen MR) is 60.9 cm³/mol. The zero-order valence-corrected chi connectivity index (χ0v) is 8.84. The molecule has 0 aliphatic carbocycles. The van der Waals surface area contributed by atoms with Gasteiger partial charge in [0.15, 0.2) is 5.82 Å². The van der Waals surface area contributed by atoms with E-state index in [4.69, 9.17) is 0 Å². The molecule has 16 heavy (non-hydrogen) atoms. The molecule has 80 valence electrons. The lowest BCUT2D eigenvalue weighted by Gasteiger charge is -2.06. The van der Waals surface area contributed by atoms with E-state index < -0.39 is 0 Å². The van der Waals surface area contributed by atoms with Gasteiger partial charge in [0.05, 0.1) is 5.56 Å². The van der Waals surface area contributed by atoms with Crippen LogP contribution in [0.3, 0.4) is 0 Å². The van der Waals surface area contributed by atoms with E-state index >= 15 is 0 Å². The molecule has 0 bridgehead atoms. The summed E-state index contributed by atoms with van der Waals surface area (Å²) in [5.41, 5.74) is 1.32. The van der Waals surface area contributed by atoms with E-state index in [1.807, 2.05) is 18.2 Å². The second-order valence-corrected chi connectivity index (χ2v) is 3.20. The summed E-state index contributed by atoms with van der Waals surface area (Å²) in [5, 5.41) is 2.60. The summed E-state index contributed by atoms with van der Waals surface area (Å²) in [5.74, 6) is 0.421. The predicted octanol–water partition coefficient (Wildman–Crippen LogP) is 1.50. The molecule has 4 nitrogen and oxygen atoms in total. The van der Waals surface area contributed by atoms with E-state index in [1.165, 1.54) is 0 Å². The number of aromatic nitrogens is 2. The third kappa shape index (κ3) is 1.91. The Kier molecular flexibility index (Phi) is 2.91. The molecule has 0 aliphatic heterocycles. The number of benzene rings is 1. The summed E-state index contributed by atoms with van der Waals surface area (Å²) in [6.45, 7) is 0. The Labute approximate surface area is 93.4 Å². The van der Waals surface area contributed by atoms with Crippen LogP contribution in [-0.2, 0) is 0 Å². The summed E-state index contributed by atoms with van der Waals surface area (Å²) in [4.78, 5) is 19.9. The monoisotopic (exact) mass is 213 g/mol. The van der Waals surface area contributed by atoms with Crippen molar-refractivity contribution in [1.82, 2.24) is 15.3 Å². The topological polar surface area (TPSA) is 54.9 Å². The number of rotatable bonds is 2. The molecule has 0 saturated carbocycles. The molecule has 2 aromatic rings. The van der Waals surface area contributed by atoms with E-state index in [0.29, 0.717) is 11.4 Å². The lowest BCUT2D eigenvalue weighted by atomic mass is 10.1. The van der Waals surface area contributed by atoms with E-state index in [-0.39, 0.29) is 5.91 Å². The Bertz CT molecular complexity index is 497. The summed E-state index contributed by atoms with van der Waals surface area (Å²) in [6, 6.07) is 9.01. The van der Waals surface area contributed by atoms with Crippen LogP contribution in [0, 0.1) is 0 Å². The average molecular weight is 213 g/mol. The maximum atomic E-state index is 11.6. The smallest absolute Gasteiger partial charge is 0.251 e. The van der Waals surface area contributed by atoms with Gasteiger partial charge in [-0.1, -0.05) is 18.2 Å². The Morgan fingerprint density at radius 2 is 1.81 bits per heavy atom. The molecule has 1 amide bonds. The minimum Gasteiger partial charge on any atom is -0.355 e. The SMILES string of the molecule is CNC(=O)c1ccccc1-c1ncccn1. The van der Waals surface area contributed by atoms with Crippen LogP contribution in [0.25, 0.3) is 11.4 Å². The number of carbonyl (C=O) groups excluding carboxylic acids is 1. The Morgan fingerprint density at radius 3 is 2.50 bits per heavy atom. The minimum atomic E-state index is -0.136. The fourth-order valence-corrected chi connectivity index (χ4v) is 1.45. The molecule has 0 aliphatic rings. The van der Waals surface area contributed by atoms with Gasteiger partial charge in [-0.2, -0.15) is 0 Å². The van der Waals surface area contributed by atoms with Gasteiger partial charge in [0.25, 0.3) is 5.91 Å². The van der Waals surface area contributed by atoms with Crippen molar-refractivity contribution in [3.63, 3.8) is 0 Å². The lowest BCUT2D eigenvalue weighted by molar-refractivity contribution is 0.0963. The van der Waals surface area contributed by atoms with Gasteiger partial charge < -0.3 is 5.32 Å². The fraction of sp³-hybridized carbons (Fsp3) is 0.0833. The van der Waals surface area contributed by atoms with Crippen molar-refractivity contribution in [2.75, 3.05) is 7.05 Å². The van der Waals surface area contributed by atoms with E-state index in [9.17, 15) is 4.79 Å². The number of amides is 1. The van der Waals surface area contributed by atoms with Gasteiger partial charge >= 0.3 is 0 Å². The first kappa shape index (κ1) is 10.3. The first-order valence-corrected chi connectivity index (χ1v) is 4.91. The van der Waals surface area contributed by atoms with Crippen molar-refractivity contribution in [3.8, 4) is 11.4 Å². The van der Waals surface area contributed by atoms with Crippen LogP contribution >= 0.6 is 0 Å². The third-order valence-electron chi connectivity index (χ3n) is 2.21. The van der Waals surface area contributed by atoms with Crippen molar-refractivity contribution >= 4 is 5.91 Å². The molecule has 0 fully saturated rings. The number of nitrogens with zero attached hydrogens (tertiary/aromatic N) is 2. The van der Waals surface area contributed by atoms with Crippen molar-refractivity contribution in [2.45, 2.75) is 0 Å². The summed E-state index contributed by atoms with van der Waals surface area (Å²) >= 11 is 0. The highest BCUT2D eigenvalue weighted by Crippen LogP contribution is 2.18. The van der Waals surface area contributed by atoms with Crippen LogP contribution in [0.15, 0.2) is 42.7 Å². The number of hydrogen-bond donors (Lipinski definition) is 1. The Hall–Kier alpha value is -2.23. The van der Waals surface area contributed by atoms with Crippen molar-refractivity contribution in [1.29, 1.82) is 0 Å². The van der Waals surface area contributed by atoms with Crippen LogP contribution in [0.2, 0.25) is 0 Å². The lowest BCUT2D eigenvalue weighted by Crippen LogP contribution is -2.18. The molecule has 2 rings (SSSR count). The number of carbonyl (C=O) groups is 1. The van der Waals surface area contributed by atoms with Gasteiger partial charge in [-0.3, -0.25) is 4.79 Å². The second kappa shape index (κ2) is 4.53. The van der Waals surface area contributed by atoms with E-state index in [0.717, 1.165) is 5.56 Å². The number of nitrogens with one attached hydrogen (secondary N) is 1. The third-order valence-corrected chi connectivity index (χ3v) is 2.21. The number of hydrogen-bond acceptors (Lipinski definition) is 3. The maximum Gasteiger partial charge on any atom is 0.251 e. The molecule has 0 unspecified atom stereocenters. The van der Waals surface area contributed by atoms with Crippen LogP contribution in [-0.4, -0.2) is 22.9 Å². The highest BCUT2D eigenvalue weighted by molar-refractivity contribution is 5.99. The molecule has 0 saturated heterocycles. The van der Waals surface area contributed by atoms with Crippen LogP contribution in [0.5, 0.6) is 0 Å². The molecular formula is C12H11N3O. The van der Waals surface area contributed by atoms with Crippen molar-refractivity contribution < 1.29 is 4.79 Å². The highest BCUT2D eigenvalue weighted by atomic mass is 16.1. The summed E-state index contributed by atoms with van der Waals surface area (Å²) in [6.07, 6.45) is 3.31. The molecule has 1 aromatic carbocycles. The normalized spacial score (nSPS) is 9.81. The van der Waals surface area contributed by atoms with Crippen molar-refractivity contribution in [3.05, 3.63) is 48.3 Å². The van der Waals surface area contributed by atoms with Gasteiger partial charge in [0.2, 0.25) is 0 Å². The first-order chi connectivity index (χ1) is 7.83. The van der Waals surface area contributed by atoms with E-state index in [1.54, 1.807) is 31.6 Å². The average Bonchev–Trinajstić information content (AvgIpc) is 2.39. The van der Waals surface area contributed by atoms with Gasteiger partial charge in [-0.15, -0.1) is 0 Å². The molecular weight excluding hydrogens is 202 g/mol. The minimum absolute atomic E-state index is 0.136.